The third-order valence-corrected chi connectivity index (χ3v) is 5.11. The highest BCUT2D eigenvalue weighted by Gasteiger charge is 2.35. The number of furan rings is 1. The van der Waals surface area contributed by atoms with Crippen LogP contribution in [0.2, 0.25) is 5.02 Å². The highest BCUT2D eigenvalue weighted by Crippen LogP contribution is 2.31. The van der Waals surface area contributed by atoms with Gasteiger partial charge in [-0.15, -0.1) is 0 Å². The second-order valence-corrected chi connectivity index (χ2v) is 7.67. The van der Waals surface area contributed by atoms with Crippen LogP contribution in [0.4, 0.5) is 4.39 Å². The molecule has 0 saturated carbocycles. The van der Waals surface area contributed by atoms with Crippen LogP contribution in [-0.4, -0.2) is 41.0 Å². The number of benzene rings is 1. The van der Waals surface area contributed by atoms with Gasteiger partial charge in [0.15, 0.2) is 11.3 Å². The van der Waals surface area contributed by atoms with E-state index in [1.807, 2.05) is 13.8 Å². The van der Waals surface area contributed by atoms with Gasteiger partial charge < -0.3 is 14.6 Å². The van der Waals surface area contributed by atoms with E-state index in [4.69, 9.17) is 16.0 Å². The first-order valence-electron chi connectivity index (χ1n) is 8.74. The van der Waals surface area contributed by atoms with Crippen LogP contribution in [0.25, 0.3) is 22.4 Å². The van der Waals surface area contributed by atoms with E-state index < -0.39 is 0 Å². The molecule has 0 spiro atoms. The van der Waals surface area contributed by atoms with Crippen molar-refractivity contribution in [3.8, 4) is 11.3 Å². The van der Waals surface area contributed by atoms with Crippen LogP contribution in [0, 0.1) is 5.82 Å². The lowest BCUT2D eigenvalue weighted by atomic mass is 10.00. The molecular formula is C20H19ClFN3O2. The molecule has 1 aliphatic rings. The van der Waals surface area contributed by atoms with Gasteiger partial charge in [-0.05, 0) is 44.2 Å². The molecule has 1 aromatic carbocycles. The quantitative estimate of drug-likeness (QED) is 0.718. The Kier molecular flexibility index (Phi) is 4.40. The number of aromatic nitrogens is 1. The van der Waals surface area contributed by atoms with Crippen LogP contribution in [0.15, 0.2) is 40.8 Å². The predicted octanol–water partition coefficient (Wildman–Crippen LogP) is 4.11. The summed E-state index contributed by atoms with van der Waals surface area (Å²) >= 11 is 6.36. The minimum Gasteiger partial charge on any atom is -0.448 e. The number of pyridine rings is 1. The third kappa shape index (κ3) is 3.31. The number of amides is 1. The van der Waals surface area contributed by atoms with Gasteiger partial charge in [0, 0.05) is 31.3 Å². The Labute approximate surface area is 161 Å². The maximum atomic E-state index is 13.2. The molecule has 27 heavy (non-hydrogen) atoms. The number of hydrogen-bond donors (Lipinski definition) is 1. The summed E-state index contributed by atoms with van der Waals surface area (Å²) in [5.41, 5.74) is 1.88. The Morgan fingerprint density at radius 3 is 2.74 bits per heavy atom. The van der Waals surface area contributed by atoms with Crippen molar-refractivity contribution in [3.05, 3.63) is 53.0 Å². The topological polar surface area (TPSA) is 58.4 Å². The lowest BCUT2D eigenvalue weighted by Crippen LogP contribution is -2.59. The van der Waals surface area contributed by atoms with Gasteiger partial charge in [0.05, 0.1) is 16.3 Å². The van der Waals surface area contributed by atoms with Crippen molar-refractivity contribution in [1.82, 2.24) is 15.2 Å². The van der Waals surface area contributed by atoms with Gasteiger partial charge in [-0.25, -0.2) is 9.37 Å². The normalized spacial score (nSPS) is 16.7. The van der Waals surface area contributed by atoms with E-state index in [0.717, 1.165) is 12.1 Å². The molecule has 1 N–H and O–H groups in total. The molecule has 0 aliphatic carbocycles. The average Bonchev–Trinajstić information content (AvgIpc) is 3.06. The maximum Gasteiger partial charge on any atom is 0.290 e. The lowest BCUT2D eigenvalue weighted by Gasteiger charge is -2.42. The second kappa shape index (κ2) is 6.62. The van der Waals surface area contributed by atoms with Gasteiger partial charge in [-0.1, -0.05) is 11.6 Å². The van der Waals surface area contributed by atoms with Crippen LogP contribution in [0.1, 0.15) is 24.4 Å². The molecule has 1 aliphatic heterocycles. The van der Waals surface area contributed by atoms with Gasteiger partial charge in [0.2, 0.25) is 0 Å². The summed E-state index contributed by atoms with van der Waals surface area (Å²) in [6, 6.07) is 9.28. The number of carbonyl (C=O) groups is 1. The van der Waals surface area contributed by atoms with Crippen molar-refractivity contribution in [1.29, 1.82) is 0 Å². The highest BCUT2D eigenvalue weighted by molar-refractivity contribution is 6.35. The minimum atomic E-state index is -0.319. The van der Waals surface area contributed by atoms with E-state index >= 15 is 0 Å². The first kappa shape index (κ1) is 17.9. The fourth-order valence-corrected chi connectivity index (χ4v) is 3.59. The van der Waals surface area contributed by atoms with Crippen LogP contribution < -0.4 is 5.32 Å². The molecule has 0 bridgehead atoms. The molecule has 0 radical (unpaired) electrons. The van der Waals surface area contributed by atoms with Crippen molar-refractivity contribution in [2.75, 3.05) is 19.6 Å². The first-order valence-corrected chi connectivity index (χ1v) is 9.12. The molecule has 1 amide bonds. The number of rotatable bonds is 2. The summed E-state index contributed by atoms with van der Waals surface area (Å²) < 4.78 is 18.9. The number of piperazine rings is 1. The van der Waals surface area contributed by atoms with Crippen molar-refractivity contribution in [3.63, 3.8) is 0 Å². The molecule has 0 unspecified atom stereocenters. The number of nitrogens with zero attached hydrogens (tertiary/aromatic N) is 2. The molecule has 1 saturated heterocycles. The van der Waals surface area contributed by atoms with E-state index in [2.05, 4.69) is 10.3 Å². The fourth-order valence-electron chi connectivity index (χ4n) is 3.35. The number of hydrogen-bond acceptors (Lipinski definition) is 4. The molecule has 4 rings (SSSR count). The van der Waals surface area contributed by atoms with Crippen LogP contribution in [-0.2, 0) is 0 Å². The highest BCUT2D eigenvalue weighted by atomic mass is 35.5. The van der Waals surface area contributed by atoms with E-state index in [-0.39, 0.29) is 23.0 Å². The second-order valence-electron chi connectivity index (χ2n) is 7.27. The molecule has 1 fully saturated rings. The largest absolute Gasteiger partial charge is 0.448 e. The van der Waals surface area contributed by atoms with Gasteiger partial charge in [-0.3, -0.25) is 4.79 Å². The molecule has 140 valence electrons. The van der Waals surface area contributed by atoms with Gasteiger partial charge >= 0.3 is 0 Å². The molecule has 5 nitrogen and oxygen atoms in total. The van der Waals surface area contributed by atoms with E-state index in [0.29, 0.717) is 34.9 Å². The molecular weight excluding hydrogens is 369 g/mol. The summed E-state index contributed by atoms with van der Waals surface area (Å²) in [7, 11) is 0. The van der Waals surface area contributed by atoms with E-state index in [1.54, 1.807) is 29.2 Å². The zero-order valence-electron chi connectivity index (χ0n) is 15.1. The number of carbonyl (C=O) groups excluding carboxylic acids is 1. The third-order valence-electron chi connectivity index (χ3n) is 4.83. The summed E-state index contributed by atoms with van der Waals surface area (Å²) in [6.07, 6.45) is 0. The maximum absolute atomic E-state index is 13.2. The van der Waals surface area contributed by atoms with Crippen LogP contribution in [0.5, 0.6) is 0 Å². The molecule has 0 atom stereocenters. The number of halogens is 2. The van der Waals surface area contributed by atoms with Crippen molar-refractivity contribution >= 4 is 28.6 Å². The SMILES string of the molecule is CC1(C)CNCCN1C(=O)c1cc2nc(-c3ccc(F)cc3)cc(Cl)c2o1. The Bertz CT molecular complexity index is 1010. The van der Waals surface area contributed by atoms with Crippen LogP contribution >= 0.6 is 11.6 Å². The molecule has 7 heteroatoms. The minimum absolute atomic E-state index is 0.182. The summed E-state index contributed by atoms with van der Waals surface area (Å²) in [4.78, 5) is 19.3. The predicted molar refractivity (Wildman–Crippen MR) is 102 cm³/mol. The zero-order chi connectivity index (χ0) is 19.2. The number of nitrogens with one attached hydrogen (secondary N) is 1. The Morgan fingerprint density at radius 1 is 1.30 bits per heavy atom. The van der Waals surface area contributed by atoms with Crippen LogP contribution in [0.3, 0.4) is 0 Å². The monoisotopic (exact) mass is 387 g/mol. The van der Waals surface area contributed by atoms with Gasteiger partial charge in [0.1, 0.15) is 11.3 Å². The summed E-state index contributed by atoms with van der Waals surface area (Å²) in [5, 5.41) is 3.65. The Balaban J connectivity index is 1.73. The number of fused-ring (bicyclic) bond motifs is 1. The summed E-state index contributed by atoms with van der Waals surface area (Å²) in [5.74, 6) is -0.287. The Hall–Kier alpha value is -2.44. The smallest absolute Gasteiger partial charge is 0.290 e. The standard InChI is InChI=1S/C20H19ClFN3O2/c1-20(2)11-23-7-8-25(20)19(26)17-10-16-18(27-17)14(21)9-15(24-16)12-3-5-13(22)6-4-12/h3-6,9-10,23H,7-8,11H2,1-2H3. The van der Waals surface area contributed by atoms with Gasteiger partial charge in [-0.2, -0.15) is 0 Å². The summed E-state index contributed by atoms with van der Waals surface area (Å²) in [6.45, 7) is 6.08. The van der Waals surface area contributed by atoms with E-state index in [9.17, 15) is 9.18 Å². The van der Waals surface area contributed by atoms with Gasteiger partial charge in [0.25, 0.3) is 5.91 Å². The molecule has 3 heterocycles. The fraction of sp³-hybridized carbons (Fsp3) is 0.300. The Morgan fingerprint density at radius 2 is 2.04 bits per heavy atom. The average molecular weight is 388 g/mol. The molecule has 3 aromatic rings. The van der Waals surface area contributed by atoms with Crippen molar-refractivity contribution in [2.24, 2.45) is 0 Å². The first-order chi connectivity index (χ1) is 12.8. The lowest BCUT2D eigenvalue weighted by molar-refractivity contribution is 0.0448. The zero-order valence-corrected chi connectivity index (χ0v) is 15.8. The van der Waals surface area contributed by atoms with E-state index in [1.165, 1.54) is 12.1 Å². The van der Waals surface area contributed by atoms with Crippen molar-refractivity contribution in [2.45, 2.75) is 19.4 Å². The molecule has 2 aromatic heterocycles. The van der Waals surface area contributed by atoms with Crippen molar-refractivity contribution < 1.29 is 13.6 Å².